The number of carbonyl (C=O) groups excluding carboxylic acids is 2. The number of hydrogen-bond donors (Lipinski definition) is 1. The highest BCUT2D eigenvalue weighted by Gasteiger charge is 2.46. The van der Waals surface area contributed by atoms with Crippen molar-refractivity contribution in [2.24, 2.45) is 7.05 Å². The van der Waals surface area contributed by atoms with E-state index in [4.69, 9.17) is 0 Å². The van der Waals surface area contributed by atoms with Gasteiger partial charge in [0.2, 0.25) is 0 Å². The average Bonchev–Trinajstić information content (AvgIpc) is 3.43. The molecule has 2 aromatic heterocycles. The van der Waals surface area contributed by atoms with Crippen LogP contribution in [-0.2, 0) is 23.2 Å². The van der Waals surface area contributed by atoms with Crippen molar-refractivity contribution in [3.63, 3.8) is 0 Å². The number of Topliss-reactive ketones (excluding diaryl/α,β-unsaturated/α-hetero) is 1. The fourth-order valence-electron chi connectivity index (χ4n) is 4.19. The largest absolute Gasteiger partial charge is 0.507 e. The molecule has 4 rings (SSSR count). The summed E-state index contributed by atoms with van der Waals surface area (Å²) in [6, 6.07) is 8.70. The quantitative estimate of drug-likeness (QED) is 0.377. The normalized spacial score (nSPS) is 18.2. The summed E-state index contributed by atoms with van der Waals surface area (Å²) in [5, 5.41) is 15.6. The first-order chi connectivity index (χ1) is 14.9. The molecule has 0 aliphatic carbocycles. The number of aliphatic hydroxyl groups is 1. The monoisotopic (exact) mass is 419 g/mol. The summed E-state index contributed by atoms with van der Waals surface area (Å²) in [4.78, 5) is 31.7. The molecule has 0 radical (unpaired) electrons. The summed E-state index contributed by atoms with van der Waals surface area (Å²) >= 11 is 0. The van der Waals surface area contributed by atoms with Gasteiger partial charge in [-0.2, -0.15) is 5.10 Å². The summed E-state index contributed by atoms with van der Waals surface area (Å²) in [5.74, 6) is -1.44. The van der Waals surface area contributed by atoms with Crippen LogP contribution in [0, 0.1) is 13.8 Å². The summed E-state index contributed by atoms with van der Waals surface area (Å²) < 4.78 is 3.58. The molecule has 0 bridgehead atoms. The van der Waals surface area contributed by atoms with Crippen molar-refractivity contribution >= 4 is 17.4 Å². The van der Waals surface area contributed by atoms with E-state index in [1.807, 2.05) is 48.0 Å². The van der Waals surface area contributed by atoms with Gasteiger partial charge < -0.3 is 14.6 Å². The molecule has 160 valence electrons. The standard InChI is InChI=1S/C23H25N5O3/c1-15-18(16(2)26(3)25-15)21(29)19-20(17-8-5-4-6-9-17)28(23(31)22(19)30)12-7-11-27-13-10-24-14-27/h4-6,8-10,13-14,20,29H,7,11-12H2,1-3H3/b21-19+/t20-/m1/s1. The number of imidazole rings is 1. The van der Waals surface area contributed by atoms with Crippen molar-refractivity contribution in [1.82, 2.24) is 24.2 Å². The lowest BCUT2D eigenvalue weighted by molar-refractivity contribution is -0.139. The summed E-state index contributed by atoms with van der Waals surface area (Å²) in [7, 11) is 1.78. The number of likely N-dealkylation sites (tertiary alicyclic amines) is 1. The smallest absolute Gasteiger partial charge is 0.295 e. The van der Waals surface area contributed by atoms with E-state index < -0.39 is 17.7 Å². The van der Waals surface area contributed by atoms with Crippen molar-refractivity contribution in [3.05, 3.63) is 77.1 Å². The molecule has 3 heterocycles. The van der Waals surface area contributed by atoms with Gasteiger partial charge in [0.05, 0.1) is 29.2 Å². The van der Waals surface area contributed by atoms with Crippen LogP contribution in [0.5, 0.6) is 0 Å². The van der Waals surface area contributed by atoms with E-state index in [0.29, 0.717) is 30.8 Å². The molecule has 0 saturated carbocycles. The lowest BCUT2D eigenvalue weighted by atomic mass is 9.94. The van der Waals surface area contributed by atoms with Gasteiger partial charge in [0, 0.05) is 38.2 Å². The SMILES string of the molecule is Cc1nn(C)c(C)c1/C(O)=C1\C(=O)C(=O)N(CCCn2ccnc2)[C@@H]1c1ccccc1. The minimum absolute atomic E-state index is 0.109. The highest BCUT2D eigenvalue weighted by Crippen LogP contribution is 2.40. The lowest BCUT2D eigenvalue weighted by Gasteiger charge is -2.25. The molecule has 3 aromatic rings. The second-order valence-corrected chi connectivity index (χ2v) is 7.73. The molecule has 1 saturated heterocycles. The molecule has 1 atom stereocenters. The number of hydrogen-bond acceptors (Lipinski definition) is 5. The molecular weight excluding hydrogens is 394 g/mol. The molecule has 1 amide bonds. The number of amides is 1. The molecule has 1 N–H and O–H groups in total. The van der Waals surface area contributed by atoms with E-state index in [1.54, 1.807) is 36.1 Å². The van der Waals surface area contributed by atoms with Crippen LogP contribution >= 0.6 is 0 Å². The zero-order chi connectivity index (χ0) is 22.1. The first-order valence-corrected chi connectivity index (χ1v) is 10.2. The van der Waals surface area contributed by atoms with Crippen molar-refractivity contribution < 1.29 is 14.7 Å². The third-order valence-corrected chi connectivity index (χ3v) is 5.78. The van der Waals surface area contributed by atoms with Gasteiger partial charge in [-0.3, -0.25) is 14.3 Å². The van der Waals surface area contributed by atoms with E-state index in [-0.39, 0.29) is 11.3 Å². The zero-order valence-electron chi connectivity index (χ0n) is 17.8. The maximum Gasteiger partial charge on any atom is 0.295 e. The highest BCUT2D eigenvalue weighted by atomic mass is 16.3. The van der Waals surface area contributed by atoms with Gasteiger partial charge >= 0.3 is 0 Å². The van der Waals surface area contributed by atoms with Crippen LogP contribution in [0.2, 0.25) is 0 Å². The molecule has 0 spiro atoms. The van der Waals surface area contributed by atoms with Crippen molar-refractivity contribution in [2.75, 3.05) is 6.54 Å². The number of ketones is 1. The minimum atomic E-state index is -0.670. The molecular formula is C23H25N5O3. The van der Waals surface area contributed by atoms with Crippen LogP contribution in [0.25, 0.3) is 5.76 Å². The number of benzene rings is 1. The van der Waals surface area contributed by atoms with E-state index in [1.165, 1.54) is 0 Å². The number of aliphatic hydroxyl groups excluding tert-OH is 1. The minimum Gasteiger partial charge on any atom is -0.507 e. The molecule has 1 aliphatic rings. The second kappa shape index (κ2) is 8.22. The van der Waals surface area contributed by atoms with E-state index in [2.05, 4.69) is 10.1 Å². The highest BCUT2D eigenvalue weighted by molar-refractivity contribution is 6.46. The van der Waals surface area contributed by atoms with E-state index in [9.17, 15) is 14.7 Å². The summed E-state index contributed by atoms with van der Waals surface area (Å²) in [6.45, 7) is 4.66. The fourth-order valence-corrected chi connectivity index (χ4v) is 4.19. The predicted molar refractivity (Wildman–Crippen MR) is 115 cm³/mol. The first-order valence-electron chi connectivity index (χ1n) is 10.2. The molecule has 31 heavy (non-hydrogen) atoms. The van der Waals surface area contributed by atoms with Gasteiger partial charge in [0.15, 0.2) is 0 Å². The van der Waals surface area contributed by atoms with Crippen LogP contribution < -0.4 is 0 Å². The van der Waals surface area contributed by atoms with Gasteiger partial charge in [-0.25, -0.2) is 4.98 Å². The number of nitrogens with zero attached hydrogens (tertiary/aromatic N) is 5. The Balaban J connectivity index is 1.76. The predicted octanol–water partition coefficient (Wildman–Crippen LogP) is 2.75. The lowest BCUT2D eigenvalue weighted by Crippen LogP contribution is -2.31. The Bertz CT molecular complexity index is 1150. The number of carbonyl (C=O) groups is 2. The van der Waals surface area contributed by atoms with Crippen LogP contribution in [0.3, 0.4) is 0 Å². The molecule has 1 fully saturated rings. The first kappa shape index (κ1) is 20.6. The maximum atomic E-state index is 13.1. The fraction of sp³-hybridized carbons (Fsp3) is 0.304. The van der Waals surface area contributed by atoms with Gasteiger partial charge in [-0.05, 0) is 25.8 Å². The maximum absolute atomic E-state index is 13.1. The zero-order valence-corrected chi connectivity index (χ0v) is 17.8. The van der Waals surface area contributed by atoms with Gasteiger partial charge in [-0.1, -0.05) is 30.3 Å². The Morgan fingerprint density at radius 2 is 1.87 bits per heavy atom. The second-order valence-electron chi connectivity index (χ2n) is 7.73. The Morgan fingerprint density at radius 3 is 2.48 bits per heavy atom. The third kappa shape index (κ3) is 3.65. The Labute approximate surface area is 180 Å². The van der Waals surface area contributed by atoms with Gasteiger partial charge in [0.25, 0.3) is 11.7 Å². The van der Waals surface area contributed by atoms with Gasteiger partial charge in [0.1, 0.15) is 5.76 Å². The molecule has 1 aromatic carbocycles. The average molecular weight is 419 g/mol. The topological polar surface area (TPSA) is 93.2 Å². The third-order valence-electron chi connectivity index (χ3n) is 5.78. The van der Waals surface area contributed by atoms with Crippen LogP contribution in [0.15, 0.2) is 54.6 Å². The van der Waals surface area contributed by atoms with Crippen LogP contribution in [-0.4, -0.2) is 47.6 Å². The summed E-state index contributed by atoms with van der Waals surface area (Å²) in [6.07, 6.45) is 5.93. The van der Waals surface area contributed by atoms with Crippen LogP contribution in [0.1, 0.15) is 35.0 Å². The van der Waals surface area contributed by atoms with Crippen LogP contribution in [0.4, 0.5) is 0 Å². The Morgan fingerprint density at radius 1 is 1.13 bits per heavy atom. The Kier molecular flexibility index (Phi) is 5.46. The number of rotatable bonds is 6. The van der Waals surface area contributed by atoms with Gasteiger partial charge in [-0.15, -0.1) is 0 Å². The molecule has 8 heteroatoms. The van der Waals surface area contributed by atoms with E-state index in [0.717, 1.165) is 11.3 Å². The van der Waals surface area contributed by atoms with E-state index >= 15 is 0 Å². The van der Waals surface area contributed by atoms with Crippen molar-refractivity contribution in [2.45, 2.75) is 32.9 Å². The number of aromatic nitrogens is 4. The molecule has 1 aliphatic heterocycles. The van der Waals surface area contributed by atoms with Crippen molar-refractivity contribution in [1.29, 1.82) is 0 Å². The van der Waals surface area contributed by atoms with Crippen molar-refractivity contribution in [3.8, 4) is 0 Å². The molecule has 0 unspecified atom stereocenters. The summed E-state index contributed by atoms with van der Waals surface area (Å²) in [5.41, 5.74) is 2.73. The number of aryl methyl sites for hydroxylation is 3. The Hall–Kier alpha value is -3.68. The molecule has 8 nitrogen and oxygen atoms in total.